The minimum absolute atomic E-state index is 0.763. The van der Waals surface area contributed by atoms with Gasteiger partial charge in [0.05, 0.1) is 5.52 Å². The first-order valence-electron chi connectivity index (χ1n) is 17.6. The molecule has 3 nitrogen and oxygen atoms in total. The maximum absolute atomic E-state index is 6.44. The predicted octanol–water partition coefficient (Wildman–Crippen LogP) is 10.2. The number of nitrogens with zero attached hydrogens (tertiary/aromatic N) is 2. The molecule has 0 spiro atoms. The fourth-order valence-corrected chi connectivity index (χ4v) is 6.91. The van der Waals surface area contributed by atoms with Gasteiger partial charge in [-0.3, -0.25) is 0 Å². The van der Waals surface area contributed by atoms with Crippen LogP contribution in [0.3, 0.4) is 0 Å². The number of allylic oxidation sites excluding steroid dienone is 9. The maximum Gasteiger partial charge on any atom is 0.0541 e. The van der Waals surface area contributed by atoms with E-state index in [9.17, 15) is 0 Å². The van der Waals surface area contributed by atoms with Crippen LogP contribution in [-0.2, 0) is 12.8 Å². The Balaban J connectivity index is 1.39. The Labute approximate surface area is 297 Å². The molecule has 0 saturated heterocycles. The molecule has 4 aromatic carbocycles. The summed E-state index contributed by atoms with van der Waals surface area (Å²) >= 11 is 0. The fourth-order valence-electron chi connectivity index (χ4n) is 6.91. The molecule has 0 fully saturated rings. The molecule has 6 rings (SSSR count). The summed E-state index contributed by atoms with van der Waals surface area (Å²) in [7, 11) is 0. The lowest BCUT2D eigenvalue weighted by molar-refractivity contribution is 1.05. The van der Waals surface area contributed by atoms with Gasteiger partial charge in [0.2, 0.25) is 0 Å². The molecule has 1 aromatic heterocycles. The van der Waals surface area contributed by atoms with Crippen molar-refractivity contribution in [3.8, 4) is 5.69 Å². The van der Waals surface area contributed by atoms with Gasteiger partial charge in [-0.15, -0.1) is 0 Å². The van der Waals surface area contributed by atoms with Gasteiger partial charge < -0.3 is 15.2 Å². The molecule has 2 N–H and O–H groups in total. The summed E-state index contributed by atoms with van der Waals surface area (Å²) < 4.78 is 2.41. The lowest BCUT2D eigenvalue weighted by atomic mass is 10.0. The second kappa shape index (κ2) is 15.6. The van der Waals surface area contributed by atoms with Gasteiger partial charge in [0.25, 0.3) is 0 Å². The van der Waals surface area contributed by atoms with Crippen LogP contribution in [0.15, 0.2) is 158 Å². The highest BCUT2D eigenvalue weighted by molar-refractivity contribution is 5.87. The van der Waals surface area contributed by atoms with Gasteiger partial charge in [0.15, 0.2) is 0 Å². The molecule has 5 aromatic rings. The molecule has 50 heavy (non-hydrogen) atoms. The van der Waals surface area contributed by atoms with E-state index < -0.39 is 0 Å². The average molecular weight is 654 g/mol. The summed E-state index contributed by atoms with van der Waals surface area (Å²) in [6.45, 7) is 12.6. The minimum atomic E-state index is 0.763. The average Bonchev–Trinajstić information content (AvgIpc) is 3.67. The van der Waals surface area contributed by atoms with Crippen molar-refractivity contribution < 1.29 is 0 Å². The number of para-hydroxylation sites is 1. The first-order valence-corrected chi connectivity index (χ1v) is 17.6. The third-order valence-corrected chi connectivity index (χ3v) is 9.32. The molecule has 1 aliphatic rings. The predicted molar refractivity (Wildman–Crippen MR) is 217 cm³/mol. The monoisotopic (exact) mass is 653 g/mol. The number of anilines is 1. The number of benzene rings is 4. The third-order valence-electron chi connectivity index (χ3n) is 9.32. The molecule has 0 radical (unpaired) electrons. The van der Waals surface area contributed by atoms with Crippen LogP contribution in [0.25, 0.3) is 40.0 Å². The van der Waals surface area contributed by atoms with E-state index >= 15 is 0 Å². The maximum atomic E-state index is 6.44. The molecule has 0 amide bonds. The van der Waals surface area contributed by atoms with E-state index in [0.29, 0.717) is 0 Å². The van der Waals surface area contributed by atoms with Gasteiger partial charge >= 0.3 is 0 Å². The lowest BCUT2D eigenvalue weighted by Crippen LogP contribution is -2.28. The van der Waals surface area contributed by atoms with Crippen molar-refractivity contribution in [1.29, 1.82) is 0 Å². The van der Waals surface area contributed by atoms with Crippen LogP contribution in [0.1, 0.15) is 56.4 Å². The molecular formula is C47H47N3. The van der Waals surface area contributed by atoms with Gasteiger partial charge in [-0.1, -0.05) is 117 Å². The zero-order chi connectivity index (χ0) is 35.0. The Morgan fingerprint density at radius 1 is 0.880 bits per heavy atom. The van der Waals surface area contributed by atoms with Gasteiger partial charge in [-0.25, -0.2) is 0 Å². The molecule has 0 aliphatic carbocycles. The third kappa shape index (κ3) is 6.99. The fraction of sp³-hybridized carbons (Fsp3) is 0.149. The van der Waals surface area contributed by atoms with Gasteiger partial charge in [-0.05, 0) is 110 Å². The molecule has 0 atom stereocenters. The molecule has 0 saturated carbocycles. The first-order chi connectivity index (χ1) is 24.5. The van der Waals surface area contributed by atoms with Crippen LogP contribution in [0, 0.1) is 0 Å². The Hall–Kier alpha value is -5.80. The van der Waals surface area contributed by atoms with E-state index in [1.165, 1.54) is 55.1 Å². The van der Waals surface area contributed by atoms with Gasteiger partial charge in [-0.2, -0.15) is 0 Å². The van der Waals surface area contributed by atoms with Crippen LogP contribution < -0.4 is 21.2 Å². The number of rotatable bonds is 10. The molecule has 2 heterocycles. The van der Waals surface area contributed by atoms with Crippen LogP contribution in [-0.4, -0.2) is 4.57 Å². The Morgan fingerprint density at radius 2 is 1.68 bits per heavy atom. The van der Waals surface area contributed by atoms with Crippen molar-refractivity contribution in [3.63, 3.8) is 0 Å². The number of fused-ring (bicyclic) bond motifs is 2. The Bertz CT molecular complexity index is 2310. The largest absolute Gasteiger partial charge is 0.398 e. The zero-order valence-electron chi connectivity index (χ0n) is 29.7. The summed E-state index contributed by atoms with van der Waals surface area (Å²) in [5, 5.41) is 3.74. The highest BCUT2D eigenvalue weighted by Gasteiger charge is 2.25. The standard InChI is InChI=1S/C47H47N3/c1-6-16-39(17-7-2)49-41(32-38-22-13-14-24-45(38)49)28-25-34(5)37-27-30-47-43(33-37)42(9-4)46(18-8-3)50(47)40-23-15-19-35(31-40)26-29-44(48)36-20-11-10-12-21-36/h6-7,9-25,27-31,33H,1,8,26,32,48H2,2-5H3/b17-7-,34-25+,39-16+,41-28+,42-9-,44-29-,46-18+. The Morgan fingerprint density at radius 3 is 2.44 bits per heavy atom. The number of hydrogen-bond acceptors (Lipinski definition) is 2. The highest BCUT2D eigenvalue weighted by atomic mass is 15.2. The van der Waals surface area contributed by atoms with Crippen LogP contribution >= 0.6 is 0 Å². The summed E-state index contributed by atoms with van der Waals surface area (Å²) in [6.07, 6.45) is 22.0. The first kappa shape index (κ1) is 34.1. The summed E-state index contributed by atoms with van der Waals surface area (Å²) in [4.78, 5) is 2.35. The van der Waals surface area contributed by atoms with Crippen molar-refractivity contribution in [2.45, 2.75) is 47.0 Å². The second-order valence-electron chi connectivity index (χ2n) is 12.6. The van der Waals surface area contributed by atoms with Crippen molar-refractivity contribution in [2.24, 2.45) is 5.73 Å². The number of aromatic nitrogens is 1. The van der Waals surface area contributed by atoms with Crippen molar-refractivity contribution in [2.75, 3.05) is 4.90 Å². The number of hydrogen-bond donors (Lipinski definition) is 1. The molecule has 250 valence electrons. The van der Waals surface area contributed by atoms with Crippen molar-refractivity contribution >= 4 is 40.0 Å². The second-order valence-corrected chi connectivity index (χ2v) is 12.6. The van der Waals surface area contributed by atoms with E-state index in [2.05, 4.69) is 171 Å². The van der Waals surface area contributed by atoms with E-state index in [-0.39, 0.29) is 0 Å². The van der Waals surface area contributed by atoms with E-state index in [1.807, 2.05) is 24.3 Å². The van der Waals surface area contributed by atoms with Crippen molar-refractivity contribution in [3.05, 3.63) is 190 Å². The van der Waals surface area contributed by atoms with Gasteiger partial charge in [0, 0.05) is 50.8 Å². The van der Waals surface area contributed by atoms with E-state index in [1.54, 1.807) is 0 Å². The van der Waals surface area contributed by atoms with Crippen molar-refractivity contribution in [1.82, 2.24) is 4.57 Å². The van der Waals surface area contributed by atoms with Gasteiger partial charge in [0.1, 0.15) is 0 Å². The molecular weight excluding hydrogens is 607 g/mol. The quantitative estimate of drug-likeness (QED) is 0.152. The summed E-state index contributed by atoms with van der Waals surface area (Å²) in [5.74, 6) is 0. The van der Waals surface area contributed by atoms with Crippen LogP contribution in [0.4, 0.5) is 5.69 Å². The van der Waals surface area contributed by atoms with E-state index in [4.69, 9.17) is 5.73 Å². The summed E-state index contributed by atoms with van der Waals surface area (Å²) in [5.41, 5.74) is 19.2. The minimum Gasteiger partial charge on any atom is -0.398 e. The van der Waals surface area contributed by atoms with Crippen LogP contribution in [0.5, 0.6) is 0 Å². The zero-order valence-corrected chi connectivity index (χ0v) is 29.7. The molecule has 1 aliphatic heterocycles. The Kier molecular flexibility index (Phi) is 10.6. The van der Waals surface area contributed by atoms with Crippen LogP contribution in [0.2, 0.25) is 0 Å². The lowest BCUT2D eigenvalue weighted by Gasteiger charge is -2.22. The molecule has 3 heteroatoms. The normalized spacial score (nSPS) is 15.6. The topological polar surface area (TPSA) is 34.2 Å². The smallest absolute Gasteiger partial charge is 0.0541 e. The molecule has 0 unspecified atom stereocenters. The highest BCUT2D eigenvalue weighted by Crippen LogP contribution is 2.38. The molecule has 0 bridgehead atoms. The van der Waals surface area contributed by atoms with E-state index in [0.717, 1.165) is 41.9 Å². The number of nitrogens with two attached hydrogens (primary N) is 1. The summed E-state index contributed by atoms with van der Waals surface area (Å²) in [6, 6.07) is 34.5. The SMILES string of the molecule is C=C/C=C(\C=C/C)N1/C(=C/C=C(\C)c2ccc3c(c2)c(=C/C)/c(=C\CC)n3-c2cccc(C/C=C(\N)c3ccccc3)c2)Cc2ccccc21.